The number of aromatic carboxylic acids is 1. The van der Waals surface area contributed by atoms with Crippen LogP contribution in [0.1, 0.15) is 39.1 Å². The summed E-state index contributed by atoms with van der Waals surface area (Å²) in [5.41, 5.74) is 0.694. The van der Waals surface area contributed by atoms with Crippen molar-refractivity contribution in [2.45, 2.75) is 19.8 Å². The van der Waals surface area contributed by atoms with E-state index in [1.54, 1.807) is 13.0 Å². The third kappa shape index (κ3) is 5.40. The molecule has 0 aliphatic rings. The van der Waals surface area contributed by atoms with Gasteiger partial charge in [-0.25, -0.2) is 14.4 Å². The lowest BCUT2D eigenvalue weighted by atomic mass is 10.0. The van der Waals surface area contributed by atoms with Gasteiger partial charge in [0.1, 0.15) is 0 Å². The Kier molecular flexibility index (Phi) is 6.82. The summed E-state index contributed by atoms with van der Waals surface area (Å²) in [5.74, 6) is -2.35. The van der Waals surface area contributed by atoms with Crippen molar-refractivity contribution in [3.63, 3.8) is 0 Å². The third-order valence-corrected chi connectivity index (χ3v) is 2.81. The molecular formula is C16H18O6. The number of rotatable bonds is 8. The van der Waals surface area contributed by atoms with Gasteiger partial charge < -0.3 is 14.6 Å². The highest BCUT2D eigenvalue weighted by atomic mass is 16.5. The van der Waals surface area contributed by atoms with Gasteiger partial charge in [0, 0.05) is 6.08 Å². The Balaban J connectivity index is 2.45. The standard InChI is InChI=1S/C16H18O6/c1-3-14(17)21-8-4-5-9-22-16(20)12-7-6-11(2)10-13(12)15(18)19/h3,6-7,10H,1,4-5,8-9H2,2H3,(H,18,19). The van der Waals surface area contributed by atoms with Crippen LogP contribution in [0.2, 0.25) is 0 Å². The third-order valence-electron chi connectivity index (χ3n) is 2.81. The number of carboxylic acid groups (broad SMARTS) is 1. The molecular weight excluding hydrogens is 288 g/mol. The Bertz CT molecular complexity index is 576. The van der Waals surface area contributed by atoms with Gasteiger partial charge in [-0.05, 0) is 31.9 Å². The van der Waals surface area contributed by atoms with Crippen LogP contribution in [0.15, 0.2) is 30.9 Å². The monoisotopic (exact) mass is 306 g/mol. The number of hydrogen-bond donors (Lipinski definition) is 1. The first-order valence-electron chi connectivity index (χ1n) is 6.76. The number of esters is 2. The van der Waals surface area contributed by atoms with E-state index in [1.165, 1.54) is 12.1 Å². The zero-order valence-corrected chi connectivity index (χ0v) is 12.3. The fourth-order valence-electron chi connectivity index (χ4n) is 1.69. The molecule has 0 atom stereocenters. The Labute approximate surface area is 128 Å². The van der Waals surface area contributed by atoms with Gasteiger partial charge in [0.05, 0.1) is 24.3 Å². The summed E-state index contributed by atoms with van der Waals surface area (Å²) in [5, 5.41) is 9.09. The molecule has 22 heavy (non-hydrogen) atoms. The Morgan fingerprint density at radius 2 is 1.77 bits per heavy atom. The number of benzene rings is 1. The van der Waals surface area contributed by atoms with Gasteiger partial charge in [0.15, 0.2) is 0 Å². The zero-order valence-electron chi connectivity index (χ0n) is 12.3. The van der Waals surface area contributed by atoms with Crippen LogP contribution in [0.5, 0.6) is 0 Å². The van der Waals surface area contributed by atoms with Crippen molar-refractivity contribution in [1.82, 2.24) is 0 Å². The van der Waals surface area contributed by atoms with Gasteiger partial charge in [-0.15, -0.1) is 0 Å². The van der Waals surface area contributed by atoms with E-state index in [4.69, 9.17) is 14.6 Å². The van der Waals surface area contributed by atoms with E-state index in [1.807, 2.05) is 0 Å². The molecule has 6 heteroatoms. The normalized spacial score (nSPS) is 9.86. The number of unbranched alkanes of at least 4 members (excludes halogenated alkanes) is 1. The number of aryl methyl sites for hydroxylation is 1. The summed E-state index contributed by atoms with van der Waals surface area (Å²) >= 11 is 0. The van der Waals surface area contributed by atoms with Crippen molar-refractivity contribution in [2.75, 3.05) is 13.2 Å². The lowest BCUT2D eigenvalue weighted by Gasteiger charge is -2.08. The van der Waals surface area contributed by atoms with Crippen LogP contribution in [0.25, 0.3) is 0 Å². The molecule has 0 saturated carbocycles. The predicted molar refractivity (Wildman–Crippen MR) is 78.8 cm³/mol. The van der Waals surface area contributed by atoms with Gasteiger partial charge in [-0.3, -0.25) is 0 Å². The minimum absolute atomic E-state index is 0.0242. The van der Waals surface area contributed by atoms with Crippen LogP contribution >= 0.6 is 0 Å². The summed E-state index contributed by atoms with van der Waals surface area (Å²) in [6.45, 7) is 5.35. The maximum atomic E-state index is 11.9. The molecule has 0 unspecified atom stereocenters. The van der Waals surface area contributed by atoms with E-state index >= 15 is 0 Å². The molecule has 1 aromatic carbocycles. The number of ether oxygens (including phenoxy) is 2. The number of carboxylic acids is 1. The van der Waals surface area contributed by atoms with Gasteiger partial charge in [0.25, 0.3) is 0 Å². The minimum atomic E-state index is -1.17. The molecule has 1 rings (SSSR count). The first-order chi connectivity index (χ1) is 10.5. The van der Waals surface area contributed by atoms with Gasteiger partial charge in [-0.1, -0.05) is 18.2 Å². The molecule has 0 amide bonds. The molecule has 1 N–H and O–H groups in total. The summed E-state index contributed by atoms with van der Waals surface area (Å²) in [6, 6.07) is 4.51. The second kappa shape index (κ2) is 8.61. The van der Waals surface area contributed by atoms with E-state index in [0.29, 0.717) is 12.8 Å². The lowest BCUT2D eigenvalue weighted by Crippen LogP contribution is -2.13. The van der Waals surface area contributed by atoms with E-state index in [-0.39, 0.29) is 24.3 Å². The largest absolute Gasteiger partial charge is 0.478 e. The van der Waals surface area contributed by atoms with Gasteiger partial charge >= 0.3 is 17.9 Å². The van der Waals surface area contributed by atoms with Crippen LogP contribution < -0.4 is 0 Å². The molecule has 118 valence electrons. The highest BCUT2D eigenvalue weighted by Gasteiger charge is 2.17. The maximum Gasteiger partial charge on any atom is 0.339 e. The molecule has 0 aliphatic carbocycles. The summed E-state index contributed by atoms with van der Waals surface area (Å²) < 4.78 is 9.80. The lowest BCUT2D eigenvalue weighted by molar-refractivity contribution is -0.137. The molecule has 0 radical (unpaired) electrons. The first kappa shape index (κ1) is 17.4. The van der Waals surface area contributed by atoms with E-state index < -0.39 is 17.9 Å². The molecule has 0 aromatic heterocycles. The maximum absolute atomic E-state index is 11.9. The molecule has 6 nitrogen and oxygen atoms in total. The van der Waals surface area contributed by atoms with E-state index in [0.717, 1.165) is 11.6 Å². The summed E-state index contributed by atoms with van der Waals surface area (Å²) in [4.78, 5) is 33.8. The number of carbonyl (C=O) groups is 3. The molecule has 1 aromatic rings. The summed E-state index contributed by atoms with van der Waals surface area (Å²) in [6.07, 6.45) is 2.11. The molecule has 0 aliphatic heterocycles. The average Bonchev–Trinajstić information content (AvgIpc) is 2.49. The summed E-state index contributed by atoms with van der Waals surface area (Å²) in [7, 11) is 0. The molecule has 0 heterocycles. The molecule has 0 saturated heterocycles. The predicted octanol–water partition coefficient (Wildman–Crippen LogP) is 2.36. The fourth-order valence-corrected chi connectivity index (χ4v) is 1.69. The van der Waals surface area contributed by atoms with Crippen molar-refractivity contribution in [2.24, 2.45) is 0 Å². The first-order valence-corrected chi connectivity index (χ1v) is 6.76. The Morgan fingerprint density at radius 3 is 2.36 bits per heavy atom. The molecule has 0 spiro atoms. The van der Waals surface area contributed by atoms with E-state index in [9.17, 15) is 14.4 Å². The van der Waals surface area contributed by atoms with Gasteiger partial charge in [0.2, 0.25) is 0 Å². The van der Waals surface area contributed by atoms with Crippen molar-refractivity contribution < 1.29 is 29.0 Å². The highest BCUT2D eigenvalue weighted by Crippen LogP contribution is 2.13. The Morgan fingerprint density at radius 1 is 1.14 bits per heavy atom. The SMILES string of the molecule is C=CC(=O)OCCCCOC(=O)c1ccc(C)cc1C(=O)O. The number of carbonyl (C=O) groups excluding carboxylic acids is 2. The second-order valence-corrected chi connectivity index (χ2v) is 4.57. The van der Waals surface area contributed by atoms with Crippen LogP contribution in [-0.2, 0) is 14.3 Å². The quantitative estimate of drug-likeness (QED) is 0.450. The molecule has 0 fully saturated rings. The second-order valence-electron chi connectivity index (χ2n) is 4.57. The van der Waals surface area contributed by atoms with Crippen LogP contribution in [0.4, 0.5) is 0 Å². The Hall–Kier alpha value is -2.63. The van der Waals surface area contributed by atoms with Gasteiger partial charge in [-0.2, -0.15) is 0 Å². The fraction of sp³-hybridized carbons (Fsp3) is 0.312. The number of hydrogen-bond acceptors (Lipinski definition) is 5. The van der Waals surface area contributed by atoms with Crippen molar-refractivity contribution >= 4 is 17.9 Å². The molecule has 0 bridgehead atoms. The zero-order chi connectivity index (χ0) is 16.5. The van der Waals surface area contributed by atoms with Crippen molar-refractivity contribution in [1.29, 1.82) is 0 Å². The average molecular weight is 306 g/mol. The van der Waals surface area contributed by atoms with E-state index in [2.05, 4.69) is 6.58 Å². The van der Waals surface area contributed by atoms with Crippen LogP contribution in [0.3, 0.4) is 0 Å². The van der Waals surface area contributed by atoms with Crippen molar-refractivity contribution in [3.8, 4) is 0 Å². The topological polar surface area (TPSA) is 89.9 Å². The smallest absolute Gasteiger partial charge is 0.339 e. The van der Waals surface area contributed by atoms with Crippen molar-refractivity contribution in [3.05, 3.63) is 47.5 Å². The van der Waals surface area contributed by atoms with Crippen LogP contribution in [0, 0.1) is 6.92 Å². The highest BCUT2D eigenvalue weighted by molar-refractivity contribution is 6.02. The van der Waals surface area contributed by atoms with Crippen LogP contribution in [-0.4, -0.2) is 36.2 Å². The minimum Gasteiger partial charge on any atom is -0.478 e.